The molecule has 0 bridgehead atoms. The zero-order chi connectivity index (χ0) is 6.53. The molecule has 1 aromatic rings. The van der Waals surface area contributed by atoms with Gasteiger partial charge in [-0.05, 0) is 0 Å². The molecule has 1 aromatic carbocycles. The summed E-state index contributed by atoms with van der Waals surface area (Å²) in [6, 6.07) is 10.7. The van der Waals surface area contributed by atoms with E-state index in [0.717, 1.165) is 0 Å². The van der Waals surface area contributed by atoms with Crippen LogP contribution >= 0.6 is 0 Å². The topological polar surface area (TPSA) is 0 Å². The summed E-state index contributed by atoms with van der Waals surface area (Å²) in [6.45, 7) is 0. The van der Waals surface area contributed by atoms with Crippen molar-refractivity contribution in [1.82, 2.24) is 0 Å². The summed E-state index contributed by atoms with van der Waals surface area (Å²) < 4.78 is 1.34. The van der Waals surface area contributed by atoms with Crippen LogP contribution in [0.2, 0.25) is 4.97 Å². The zero-order valence-corrected chi connectivity index (χ0v) is 7.83. The van der Waals surface area contributed by atoms with Gasteiger partial charge in [0.25, 0.3) is 0 Å². The van der Waals surface area contributed by atoms with E-state index in [1.54, 1.807) is 0 Å². The summed E-state index contributed by atoms with van der Waals surface area (Å²) in [6.07, 6.45) is 0. The Morgan fingerprint density at radius 2 is 1.89 bits per heavy atom. The van der Waals surface area contributed by atoms with E-state index in [4.69, 9.17) is 0 Å². The molecule has 0 heterocycles. The van der Waals surface area contributed by atoms with Crippen LogP contribution < -0.4 is 0 Å². The molecule has 0 aliphatic carbocycles. The van der Waals surface area contributed by atoms with Gasteiger partial charge in [0.2, 0.25) is 0 Å². The fourth-order valence-corrected chi connectivity index (χ4v) is 2.24. The Balaban J connectivity index is 2.61. The first-order valence-electron chi connectivity index (χ1n) is 2.96. The molecule has 0 spiro atoms. The normalized spacial score (nSPS) is 9.44. The van der Waals surface area contributed by atoms with Crippen LogP contribution in [0.3, 0.4) is 0 Å². The van der Waals surface area contributed by atoms with Crippen molar-refractivity contribution in [3.8, 4) is 0 Å². The van der Waals surface area contributed by atoms with Crippen LogP contribution in [0, 0.1) is 0 Å². The van der Waals surface area contributed by atoms with Crippen LogP contribution in [0.25, 0.3) is 0 Å². The summed E-state index contributed by atoms with van der Waals surface area (Å²) in [5.41, 5.74) is 1.50. The van der Waals surface area contributed by atoms with E-state index in [1.165, 1.54) is 10.0 Å². The third-order valence-electron chi connectivity index (χ3n) is 1.15. The van der Waals surface area contributed by atoms with Crippen LogP contribution in [-0.4, -0.2) is 20.9 Å². The molecule has 0 N–H and O–H groups in total. The van der Waals surface area contributed by atoms with Crippen LogP contribution in [0.1, 0.15) is 5.56 Å². The van der Waals surface area contributed by atoms with Gasteiger partial charge in [-0.25, -0.2) is 0 Å². The molecule has 1 heteroatoms. The van der Waals surface area contributed by atoms with Gasteiger partial charge in [0.1, 0.15) is 0 Å². The van der Waals surface area contributed by atoms with Gasteiger partial charge >= 0.3 is 66.3 Å². The number of benzene rings is 1. The average molecular weight is 234 g/mol. The van der Waals surface area contributed by atoms with Crippen LogP contribution in [0.4, 0.5) is 0 Å². The van der Waals surface area contributed by atoms with Crippen molar-refractivity contribution in [2.75, 3.05) is 0 Å². The predicted molar refractivity (Wildman–Crippen MR) is 41.8 cm³/mol. The molecular formula is C8H10Te. The monoisotopic (exact) mass is 236 g/mol. The number of rotatable bonds is 2. The standard InChI is InChI=1S/C8H10Te/c1-9-7-8-5-3-2-4-6-8/h2-6H,7H2,1H3. The molecule has 0 amide bonds. The molecule has 0 aliphatic heterocycles. The number of hydrogen-bond donors (Lipinski definition) is 0. The van der Waals surface area contributed by atoms with Gasteiger partial charge in [0.15, 0.2) is 0 Å². The van der Waals surface area contributed by atoms with E-state index in [9.17, 15) is 0 Å². The molecule has 1 rings (SSSR count). The van der Waals surface area contributed by atoms with Crippen molar-refractivity contribution < 1.29 is 0 Å². The maximum absolute atomic E-state index is 2.33. The Hall–Kier alpha value is 0.00961. The Morgan fingerprint density at radius 3 is 2.44 bits per heavy atom. The van der Waals surface area contributed by atoms with E-state index >= 15 is 0 Å². The van der Waals surface area contributed by atoms with Crippen molar-refractivity contribution in [3.63, 3.8) is 0 Å². The predicted octanol–water partition coefficient (Wildman–Crippen LogP) is 1.94. The second-order valence-corrected chi connectivity index (χ2v) is 4.39. The molecule has 0 saturated heterocycles. The van der Waals surface area contributed by atoms with E-state index in [0.29, 0.717) is 0 Å². The Morgan fingerprint density at radius 1 is 1.22 bits per heavy atom. The van der Waals surface area contributed by atoms with Gasteiger partial charge in [-0.3, -0.25) is 0 Å². The summed E-state index contributed by atoms with van der Waals surface area (Å²) in [4.78, 5) is 2.33. The van der Waals surface area contributed by atoms with E-state index in [1.807, 2.05) is 0 Å². The SMILES string of the molecule is C[Te]Cc1ccccc1. The van der Waals surface area contributed by atoms with Crippen LogP contribution in [-0.2, 0) is 4.47 Å². The van der Waals surface area contributed by atoms with Gasteiger partial charge in [0.05, 0.1) is 0 Å². The summed E-state index contributed by atoms with van der Waals surface area (Å²) in [5, 5.41) is 0. The van der Waals surface area contributed by atoms with Crippen LogP contribution in [0.15, 0.2) is 30.3 Å². The summed E-state index contributed by atoms with van der Waals surface area (Å²) in [7, 11) is 0. The fourth-order valence-electron chi connectivity index (χ4n) is 0.741. The molecule has 0 aliphatic rings. The Bertz CT molecular complexity index is 157. The molecule has 0 radical (unpaired) electrons. The Kier molecular flexibility index (Phi) is 3.11. The molecular weight excluding hydrogens is 224 g/mol. The maximum atomic E-state index is 2.33. The molecule has 0 nitrogen and oxygen atoms in total. The van der Waals surface area contributed by atoms with Crippen molar-refractivity contribution in [2.45, 2.75) is 9.44 Å². The quantitative estimate of drug-likeness (QED) is 0.685. The average Bonchev–Trinajstić information content (AvgIpc) is 1.91. The van der Waals surface area contributed by atoms with Gasteiger partial charge in [-0.1, -0.05) is 0 Å². The molecule has 0 aromatic heterocycles. The molecule has 0 atom stereocenters. The third kappa shape index (κ3) is 2.39. The minimum atomic E-state index is 0.281. The third-order valence-corrected chi connectivity index (χ3v) is 2.93. The minimum absolute atomic E-state index is 0.281. The molecule has 0 unspecified atom stereocenters. The first kappa shape index (κ1) is 7.12. The van der Waals surface area contributed by atoms with Crippen molar-refractivity contribution in [2.24, 2.45) is 0 Å². The van der Waals surface area contributed by atoms with Gasteiger partial charge < -0.3 is 0 Å². The first-order chi connectivity index (χ1) is 4.43. The van der Waals surface area contributed by atoms with E-state index in [-0.39, 0.29) is 20.9 Å². The fraction of sp³-hybridized carbons (Fsp3) is 0.250. The zero-order valence-electron chi connectivity index (χ0n) is 5.50. The molecule has 48 valence electrons. The van der Waals surface area contributed by atoms with Crippen molar-refractivity contribution in [3.05, 3.63) is 35.9 Å². The molecule has 9 heavy (non-hydrogen) atoms. The van der Waals surface area contributed by atoms with E-state index < -0.39 is 0 Å². The van der Waals surface area contributed by atoms with Crippen molar-refractivity contribution in [1.29, 1.82) is 0 Å². The van der Waals surface area contributed by atoms with Crippen LogP contribution in [0.5, 0.6) is 0 Å². The number of hydrogen-bond acceptors (Lipinski definition) is 0. The second-order valence-electron chi connectivity index (χ2n) is 1.92. The Labute approximate surface area is 66.4 Å². The van der Waals surface area contributed by atoms with Gasteiger partial charge in [0, 0.05) is 0 Å². The molecule has 0 fully saturated rings. The summed E-state index contributed by atoms with van der Waals surface area (Å²) >= 11 is 0.281. The van der Waals surface area contributed by atoms with Gasteiger partial charge in [-0.2, -0.15) is 0 Å². The first-order valence-corrected chi connectivity index (χ1v) is 6.94. The molecule has 0 saturated carbocycles. The summed E-state index contributed by atoms with van der Waals surface area (Å²) in [5.74, 6) is 0. The van der Waals surface area contributed by atoms with E-state index in [2.05, 4.69) is 35.3 Å². The van der Waals surface area contributed by atoms with Gasteiger partial charge in [-0.15, -0.1) is 0 Å². The second kappa shape index (κ2) is 3.93. The van der Waals surface area contributed by atoms with Crippen molar-refractivity contribution >= 4 is 20.9 Å².